The number of tetrazole rings is 1. The summed E-state index contributed by atoms with van der Waals surface area (Å²) in [6, 6.07) is 15.1. The molecule has 1 heterocycles. The molecule has 7 nitrogen and oxygen atoms in total. The number of nitrogens with zero attached hydrogens (tertiary/aromatic N) is 4. The highest BCUT2D eigenvalue weighted by Gasteiger charge is 2.23. The fraction of sp³-hybridized carbons (Fsp3) is 0.300. The van der Waals surface area contributed by atoms with Gasteiger partial charge in [-0.1, -0.05) is 32.9 Å². The molecule has 0 radical (unpaired) electrons. The molecule has 2 aromatic carbocycles. The lowest BCUT2D eigenvalue weighted by Gasteiger charge is -2.16. The first-order chi connectivity index (χ1) is 12.8. The Morgan fingerprint density at radius 2 is 1.85 bits per heavy atom. The molecule has 0 fully saturated rings. The fourth-order valence-corrected chi connectivity index (χ4v) is 2.61. The minimum Gasteiger partial charge on any atom is -0.457 e. The molecule has 0 unspecified atom stereocenters. The molecule has 1 N–H and O–H groups in total. The van der Waals surface area contributed by atoms with Crippen molar-refractivity contribution in [1.29, 1.82) is 0 Å². The number of nitrogens with one attached hydrogen (secondary N) is 1. The summed E-state index contributed by atoms with van der Waals surface area (Å²) in [5.41, 5.74) is 1.58. The fourth-order valence-electron chi connectivity index (χ4n) is 2.61. The molecular formula is C20H23N5O2. The molecule has 0 atom stereocenters. The first-order valence-electron chi connectivity index (χ1n) is 8.72. The molecule has 0 aliphatic carbocycles. The highest BCUT2D eigenvalue weighted by Crippen LogP contribution is 2.24. The van der Waals surface area contributed by atoms with Gasteiger partial charge in [0.25, 0.3) is 0 Å². The van der Waals surface area contributed by atoms with Gasteiger partial charge < -0.3 is 10.1 Å². The monoisotopic (exact) mass is 365 g/mol. The van der Waals surface area contributed by atoms with Gasteiger partial charge >= 0.3 is 0 Å². The van der Waals surface area contributed by atoms with Crippen LogP contribution < -0.4 is 10.1 Å². The minimum atomic E-state index is -0.238. The SMILES string of the molecule is Cc1cccc(Oc2ccc(NC(=O)Cn3nnnc3C(C)(C)C)cc2)c1. The van der Waals surface area contributed by atoms with Gasteiger partial charge in [0.1, 0.15) is 18.0 Å². The van der Waals surface area contributed by atoms with Crippen molar-refractivity contribution in [3.05, 3.63) is 59.9 Å². The lowest BCUT2D eigenvalue weighted by molar-refractivity contribution is -0.117. The zero-order valence-corrected chi connectivity index (χ0v) is 15.9. The lowest BCUT2D eigenvalue weighted by atomic mass is 9.96. The second kappa shape index (κ2) is 7.57. The summed E-state index contributed by atoms with van der Waals surface area (Å²) in [5.74, 6) is 1.95. The van der Waals surface area contributed by atoms with Crippen molar-refractivity contribution in [2.24, 2.45) is 0 Å². The second-order valence-electron chi connectivity index (χ2n) is 7.40. The van der Waals surface area contributed by atoms with Crippen molar-refractivity contribution in [2.45, 2.75) is 39.7 Å². The molecule has 140 valence electrons. The Labute approximate surface area is 158 Å². The number of carbonyl (C=O) groups excluding carboxylic acids is 1. The Morgan fingerprint density at radius 1 is 1.11 bits per heavy atom. The van der Waals surface area contributed by atoms with E-state index in [1.807, 2.05) is 64.1 Å². The van der Waals surface area contributed by atoms with Gasteiger partial charge in [-0.2, -0.15) is 0 Å². The van der Waals surface area contributed by atoms with Gasteiger partial charge in [0, 0.05) is 11.1 Å². The average Bonchev–Trinajstić information content (AvgIpc) is 3.05. The third-order valence-corrected chi connectivity index (χ3v) is 3.86. The van der Waals surface area contributed by atoms with Crippen LogP contribution in [0, 0.1) is 6.92 Å². The summed E-state index contributed by atoms with van der Waals surface area (Å²) < 4.78 is 7.33. The summed E-state index contributed by atoms with van der Waals surface area (Å²) in [6.45, 7) is 8.07. The lowest BCUT2D eigenvalue weighted by Crippen LogP contribution is -2.25. The topological polar surface area (TPSA) is 81.9 Å². The average molecular weight is 365 g/mol. The number of anilines is 1. The summed E-state index contributed by atoms with van der Waals surface area (Å²) in [4.78, 5) is 12.3. The van der Waals surface area contributed by atoms with Crippen LogP contribution in [0.4, 0.5) is 5.69 Å². The first-order valence-corrected chi connectivity index (χ1v) is 8.72. The van der Waals surface area contributed by atoms with Crippen molar-refractivity contribution in [3.63, 3.8) is 0 Å². The number of benzene rings is 2. The summed E-state index contributed by atoms with van der Waals surface area (Å²) in [7, 11) is 0. The maximum Gasteiger partial charge on any atom is 0.246 e. The van der Waals surface area contributed by atoms with E-state index >= 15 is 0 Å². The van der Waals surface area contributed by atoms with Gasteiger partial charge in [0.2, 0.25) is 5.91 Å². The van der Waals surface area contributed by atoms with Crippen LogP contribution in [-0.4, -0.2) is 26.1 Å². The Kier molecular flexibility index (Phi) is 5.21. The van der Waals surface area contributed by atoms with Gasteiger partial charge in [-0.15, -0.1) is 5.10 Å². The number of carbonyl (C=O) groups is 1. The summed E-state index contributed by atoms with van der Waals surface area (Å²) in [6.07, 6.45) is 0. The largest absolute Gasteiger partial charge is 0.457 e. The third kappa shape index (κ3) is 4.91. The summed E-state index contributed by atoms with van der Waals surface area (Å²) >= 11 is 0. The van der Waals surface area contributed by atoms with Crippen LogP contribution in [0.5, 0.6) is 11.5 Å². The van der Waals surface area contributed by atoms with E-state index < -0.39 is 0 Å². The van der Waals surface area contributed by atoms with Gasteiger partial charge in [-0.25, -0.2) is 4.68 Å². The van der Waals surface area contributed by atoms with Crippen LogP contribution in [0.3, 0.4) is 0 Å². The van der Waals surface area contributed by atoms with Crippen LogP contribution in [0.15, 0.2) is 48.5 Å². The van der Waals surface area contributed by atoms with E-state index in [0.717, 1.165) is 11.3 Å². The maximum absolute atomic E-state index is 12.3. The number of hydrogen-bond acceptors (Lipinski definition) is 5. The maximum atomic E-state index is 12.3. The molecule has 0 saturated heterocycles. The van der Waals surface area contributed by atoms with E-state index in [0.29, 0.717) is 17.3 Å². The van der Waals surface area contributed by atoms with E-state index in [1.54, 1.807) is 12.1 Å². The van der Waals surface area contributed by atoms with Crippen molar-refractivity contribution >= 4 is 11.6 Å². The van der Waals surface area contributed by atoms with Crippen LogP contribution in [0.1, 0.15) is 32.2 Å². The van der Waals surface area contributed by atoms with Crippen LogP contribution in [-0.2, 0) is 16.8 Å². The van der Waals surface area contributed by atoms with E-state index in [1.165, 1.54) is 4.68 Å². The van der Waals surface area contributed by atoms with Crippen molar-refractivity contribution in [3.8, 4) is 11.5 Å². The highest BCUT2D eigenvalue weighted by molar-refractivity contribution is 5.90. The van der Waals surface area contributed by atoms with Crippen molar-refractivity contribution in [2.75, 3.05) is 5.32 Å². The Bertz CT molecular complexity index is 926. The Hall–Kier alpha value is -3.22. The quantitative estimate of drug-likeness (QED) is 0.745. The predicted molar refractivity (Wildman–Crippen MR) is 103 cm³/mol. The molecule has 27 heavy (non-hydrogen) atoms. The predicted octanol–water partition coefficient (Wildman–Crippen LogP) is 3.71. The molecule has 0 spiro atoms. The van der Waals surface area contributed by atoms with Crippen LogP contribution in [0.2, 0.25) is 0 Å². The van der Waals surface area contributed by atoms with Gasteiger partial charge in [0.15, 0.2) is 5.82 Å². The molecule has 3 aromatic rings. The molecule has 0 aliphatic rings. The van der Waals surface area contributed by atoms with Crippen molar-refractivity contribution < 1.29 is 9.53 Å². The van der Waals surface area contributed by atoms with Gasteiger partial charge in [0.05, 0.1) is 0 Å². The molecule has 3 rings (SSSR count). The zero-order chi connectivity index (χ0) is 19.4. The minimum absolute atomic E-state index is 0.0567. The molecule has 7 heteroatoms. The van der Waals surface area contributed by atoms with Gasteiger partial charge in [-0.3, -0.25) is 4.79 Å². The molecule has 1 amide bonds. The first kappa shape index (κ1) is 18.6. The van der Waals surface area contributed by atoms with Crippen LogP contribution in [0.25, 0.3) is 0 Å². The Balaban J connectivity index is 1.61. The number of rotatable bonds is 5. The normalized spacial score (nSPS) is 11.3. The zero-order valence-electron chi connectivity index (χ0n) is 15.9. The van der Waals surface area contributed by atoms with Crippen molar-refractivity contribution in [1.82, 2.24) is 20.2 Å². The van der Waals surface area contributed by atoms with Gasteiger partial charge in [-0.05, 0) is 59.3 Å². The number of aromatic nitrogens is 4. The molecular weight excluding hydrogens is 342 g/mol. The second-order valence-corrected chi connectivity index (χ2v) is 7.40. The number of amides is 1. The molecule has 0 bridgehead atoms. The van der Waals surface area contributed by atoms with E-state index in [-0.39, 0.29) is 17.9 Å². The van der Waals surface area contributed by atoms with E-state index in [2.05, 4.69) is 20.8 Å². The van der Waals surface area contributed by atoms with E-state index in [4.69, 9.17) is 4.74 Å². The number of aryl methyl sites for hydroxylation is 1. The highest BCUT2D eigenvalue weighted by atomic mass is 16.5. The molecule has 1 aromatic heterocycles. The number of ether oxygens (including phenoxy) is 1. The third-order valence-electron chi connectivity index (χ3n) is 3.86. The molecule has 0 aliphatic heterocycles. The summed E-state index contributed by atoms with van der Waals surface area (Å²) in [5, 5.41) is 14.4. The molecule has 0 saturated carbocycles. The number of hydrogen-bond donors (Lipinski definition) is 1. The van der Waals surface area contributed by atoms with E-state index in [9.17, 15) is 4.79 Å². The smallest absolute Gasteiger partial charge is 0.246 e. The standard InChI is InChI=1S/C20H23N5O2/c1-14-6-5-7-17(12-14)27-16-10-8-15(9-11-16)21-18(26)13-25-19(20(2,3)4)22-23-24-25/h5-12H,13H2,1-4H3,(H,21,26). The van der Waals surface area contributed by atoms with Crippen LogP contribution >= 0.6 is 0 Å². The Morgan fingerprint density at radius 3 is 2.52 bits per heavy atom.